The van der Waals surface area contributed by atoms with Crippen LogP contribution in [-0.4, -0.2) is 17.4 Å². The summed E-state index contributed by atoms with van der Waals surface area (Å²) < 4.78 is 77.0. The van der Waals surface area contributed by atoms with E-state index in [1.165, 1.54) is 11.3 Å². The van der Waals surface area contributed by atoms with Crippen LogP contribution >= 0.6 is 11.3 Å². The number of hydrogen-bond donors (Lipinski definition) is 1. The molecule has 0 radical (unpaired) electrons. The third-order valence-corrected chi connectivity index (χ3v) is 4.77. The number of nitrogens with one attached hydrogen (secondary N) is 1. The van der Waals surface area contributed by atoms with Gasteiger partial charge in [0.25, 0.3) is 5.91 Å². The third-order valence-electron chi connectivity index (χ3n) is 3.58. The molecule has 27 heavy (non-hydrogen) atoms. The van der Waals surface area contributed by atoms with Gasteiger partial charge in [0.2, 0.25) is 0 Å². The highest BCUT2D eigenvalue weighted by Gasteiger charge is 2.37. The molecule has 0 aliphatic heterocycles. The van der Waals surface area contributed by atoms with E-state index in [-0.39, 0.29) is 18.5 Å². The Morgan fingerprint density at radius 2 is 1.63 bits per heavy atom. The fraction of sp³-hybridized carbons (Fsp3) is 0.412. The molecular weight excluding hydrogens is 394 g/mol. The number of alkyl halides is 6. The molecular formula is C17H16F6N2OS. The second-order valence-electron chi connectivity index (χ2n) is 6.13. The molecule has 0 fully saturated rings. The Labute approximate surface area is 155 Å². The van der Waals surface area contributed by atoms with Crippen LogP contribution in [0, 0.1) is 0 Å². The van der Waals surface area contributed by atoms with Gasteiger partial charge >= 0.3 is 12.4 Å². The molecule has 2 rings (SSSR count). The van der Waals surface area contributed by atoms with Crippen molar-refractivity contribution in [2.24, 2.45) is 0 Å². The lowest BCUT2D eigenvalue weighted by Crippen LogP contribution is -2.26. The highest BCUT2D eigenvalue weighted by Crippen LogP contribution is 2.36. The number of benzene rings is 1. The fourth-order valence-electron chi connectivity index (χ4n) is 2.19. The summed E-state index contributed by atoms with van der Waals surface area (Å²) in [4.78, 5) is 16.4. The Balaban J connectivity index is 2.12. The molecule has 1 aromatic carbocycles. The monoisotopic (exact) mass is 410 g/mol. The van der Waals surface area contributed by atoms with Crippen molar-refractivity contribution in [2.75, 3.05) is 6.54 Å². The van der Waals surface area contributed by atoms with E-state index in [4.69, 9.17) is 0 Å². The summed E-state index contributed by atoms with van der Waals surface area (Å²) in [6.07, 6.45) is -9.67. The molecule has 148 valence electrons. The van der Waals surface area contributed by atoms with Gasteiger partial charge in [0, 0.05) is 29.8 Å². The van der Waals surface area contributed by atoms with Gasteiger partial charge in [-0.2, -0.15) is 26.3 Å². The molecule has 10 heteroatoms. The Morgan fingerprint density at radius 3 is 2.07 bits per heavy atom. The van der Waals surface area contributed by atoms with Crippen LogP contribution < -0.4 is 5.32 Å². The SMILES string of the molecule is CC(C)c1nc(CCNC(=O)c2cc(C(F)(F)F)cc(C(F)(F)F)c2)cs1. The van der Waals surface area contributed by atoms with E-state index >= 15 is 0 Å². The average molecular weight is 410 g/mol. The molecule has 1 heterocycles. The average Bonchev–Trinajstić information content (AvgIpc) is 3.02. The lowest BCUT2D eigenvalue weighted by Gasteiger charge is -2.14. The van der Waals surface area contributed by atoms with E-state index in [2.05, 4.69) is 10.3 Å². The van der Waals surface area contributed by atoms with Gasteiger partial charge in [0.1, 0.15) is 0 Å². The molecule has 2 aromatic rings. The Bertz CT molecular complexity index is 778. The van der Waals surface area contributed by atoms with Crippen molar-refractivity contribution in [3.63, 3.8) is 0 Å². The number of thiazole rings is 1. The minimum absolute atomic E-state index is 0.0144. The second kappa shape index (κ2) is 7.87. The van der Waals surface area contributed by atoms with E-state index in [9.17, 15) is 31.1 Å². The van der Waals surface area contributed by atoms with Gasteiger partial charge in [-0.3, -0.25) is 4.79 Å². The van der Waals surface area contributed by atoms with Crippen molar-refractivity contribution >= 4 is 17.2 Å². The summed E-state index contributed by atoms with van der Waals surface area (Å²) >= 11 is 1.45. The standard InChI is InChI=1S/C17H16F6N2OS/c1-9(2)15-25-13(8-27-15)3-4-24-14(26)10-5-11(16(18,19)20)7-12(6-10)17(21,22)23/h5-9H,3-4H2,1-2H3,(H,24,26). The summed E-state index contributed by atoms with van der Waals surface area (Å²) in [7, 11) is 0. The van der Waals surface area contributed by atoms with Crippen LogP contribution in [-0.2, 0) is 18.8 Å². The van der Waals surface area contributed by atoms with Crippen molar-refractivity contribution in [1.82, 2.24) is 10.3 Å². The van der Waals surface area contributed by atoms with E-state index in [0.29, 0.717) is 24.2 Å². The number of halogens is 6. The van der Waals surface area contributed by atoms with Crippen molar-refractivity contribution in [3.05, 3.63) is 51.0 Å². The molecule has 1 aromatic heterocycles. The lowest BCUT2D eigenvalue weighted by atomic mass is 10.0. The summed E-state index contributed by atoms with van der Waals surface area (Å²) in [6, 6.07) is 0.800. The molecule has 0 bridgehead atoms. The highest BCUT2D eigenvalue weighted by atomic mass is 32.1. The number of nitrogens with zero attached hydrogens (tertiary/aromatic N) is 1. The lowest BCUT2D eigenvalue weighted by molar-refractivity contribution is -0.143. The number of carbonyl (C=O) groups is 1. The van der Waals surface area contributed by atoms with Crippen molar-refractivity contribution in [2.45, 2.75) is 38.5 Å². The van der Waals surface area contributed by atoms with Crippen LogP contribution in [0.25, 0.3) is 0 Å². The zero-order valence-electron chi connectivity index (χ0n) is 14.3. The number of amides is 1. The first-order chi connectivity index (χ1) is 12.4. The van der Waals surface area contributed by atoms with Gasteiger partial charge in [-0.25, -0.2) is 4.98 Å². The zero-order chi connectivity index (χ0) is 20.4. The molecule has 0 saturated carbocycles. The second-order valence-corrected chi connectivity index (χ2v) is 7.02. The third kappa shape index (κ3) is 5.69. The van der Waals surface area contributed by atoms with E-state index in [1.807, 2.05) is 13.8 Å². The summed E-state index contributed by atoms with van der Waals surface area (Å²) in [6.45, 7) is 3.98. The number of aromatic nitrogens is 1. The molecule has 1 N–H and O–H groups in total. The van der Waals surface area contributed by atoms with Crippen LogP contribution in [0.15, 0.2) is 23.6 Å². The predicted octanol–water partition coefficient (Wildman–Crippen LogP) is 5.28. The van der Waals surface area contributed by atoms with Crippen molar-refractivity contribution < 1.29 is 31.1 Å². The quantitative estimate of drug-likeness (QED) is 0.682. The maximum atomic E-state index is 12.8. The predicted molar refractivity (Wildman–Crippen MR) is 88.7 cm³/mol. The summed E-state index contributed by atoms with van der Waals surface area (Å²) in [5, 5.41) is 5.04. The van der Waals surface area contributed by atoms with Crippen LogP contribution in [0.1, 0.15) is 52.0 Å². The first kappa shape index (κ1) is 21.2. The van der Waals surface area contributed by atoms with Gasteiger partial charge in [-0.05, 0) is 18.2 Å². The van der Waals surface area contributed by atoms with Gasteiger partial charge in [-0.1, -0.05) is 13.8 Å². The van der Waals surface area contributed by atoms with Crippen LogP contribution in [0.5, 0.6) is 0 Å². The van der Waals surface area contributed by atoms with E-state index in [0.717, 1.165) is 5.01 Å². The first-order valence-corrected chi connectivity index (χ1v) is 8.78. The zero-order valence-corrected chi connectivity index (χ0v) is 15.1. The molecule has 0 unspecified atom stereocenters. The van der Waals surface area contributed by atoms with Gasteiger partial charge < -0.3 is 5.32 Å². The highest BCUT2D eigenvalue weighted by molar-refractivity contribution is 7.09. The fourth-order valence-corrected chi connectivity index (χ4v) is 3.06. The maximum absolute atomic E-state index is 12.8. The van der Waals surface area contributed by atoms with Crippen LogP contribution in [0.3, 0.4) is 0 Å². The van der Waals surface area contributed by atoms with Crippen LogP contribution in [0.2, 0.25) is 0 Å². The minimum Gasteiger partial charge on any atom is -0.352 e. The topological polar surface area (TPSA) is 42.0 Å². The van der Waals surface area contributed by atoms with Crippen molar-refractivity contribution in [3.8, 4) is 0 Å². The van der Waals surface area contributed by atoms with Crippen LogP contribution in [0.4, 0.5) is 26.3 Å². The smallest absolute Gasteiger partial charge is 0.352 e. The summed E-state index contributed by atoms with van der Waals surface area (Å²) in [5.41, 5.74) is -3.05. The Hall–Kier alpha value is -2.10. The molecule has 0 saturated heterocycles. The van der Waals surface area contributed by atoms with E-state index < -0.39 is 35.0 Å². The normalized spacial score (nSPS) is 12.5. The van der Waals surface area contributed by atoms with Crippen molar-refractivity contribution in [1.29, 1.82) is 0 Å². The summed E-state index contributed by atoms with van der Waals surface area (Å²) in [5.74, 6) is -0.768. The number of carbonyl (C=O) groups excluding carboxylic acids is 1. The Kier molecular flexibility index (Phi) is 6.18. The Morgan fingerprint density at radius 1 is 1.07 bits per heavy atom. The molecule has 0 spiro atoms. The molecule has 0 aliphatic rings. The largest absolute Gasteiger partial charge is 0.416 e. The number of rotatable bonds is 5. The molecule has 0 aliphatic carbocycles. The number of hydrogen-bond acceptors (Lipinski definition) is 3. The maximum Gasteiger partial charge on any atom is 0.416 e. The molecule has 0 atom stereocenters. The first-order valence-electron chi connectivity index (χ1n) is 7.90. The minimum atomic E-state index is -5.00. The van der Waals surface area contributed by atoms with Gasteiger partial charge in [-0.15, -0.1) is 11.3 Å². The molecule has 1 amide bonds. The van der Waals surface area contributed by atoms with E-state index in [1.54, 1.807) is 5.38 Å². The van der Waals surface area contributed by atoms with Gasteiger partial charge in [0.15, 0.2) is 0 Å². The van der Waals surface area contributed by atoms with Gasteiger partial charge in [0.05, 0.1) is 21.8 Å². The molecule has 3 nitrogen and oxygen atoms in total.